The topological polar surface area (TPSA) is 108 Å². The number of nitrogens with one attached hydrogen (secondary N) is 1. The number of carbonyl (C=O) groups is 1. The van der Waals surface area contributed by atoms with Gasteiger partial charge in [0.2, 0.25) is 10.0 Å². The fourth-order valence-corrected chi connectivity index (χ4v) is 4.97. The Morgan fingerprint density at radius 1 is 1.08 bits per heavy atom. The zero-order chi connectivity index (χ0) is 27.9. The number of sulfonamides is 1. The highest BCUT2D eigenvalue weighted by Crippen LogP contribution is 2.28. The molecule has 0 aliphatic heterocycles. The Kier molecular flexibility index (Phi) is 9.57. The van der Waals surface area contributed by atoms with Gasteiger partial charge >= 0.3 is 6.36 Å². The third-order valence-electron chi connectivity index (χ3n) is 5.28. The molecule has 38 heavy (non-hydrogen) atoms. The van der Waals surface area contributed by atoms with Crippen molar-refractivity contribution < 1.29 is 40.6 Å². The number of hydrogen-bond donors (Lipinski definition) is 1. The van der Waals surface area contributed by atoms with E-state index in [9.17, 15) is 26.4 Å². The standard InChI is InChI=1S/C24H26F3N3O6S2/c1-4-38(32,33)28-12-5-13-30-20(16-6-8-17(9-7-16)36-24(25,26)27)15-37-23(30)29-22(31)19-11-10-18(34-2)14-21(19)35-3/h6-11,14-15,28H,4-5,12-13H2,1-3H3. The van der Waals surface area contributed by atoms with Gasteiger partial charge in [0.05, 0.1) is 31.2 Å². The second-order valence-corrected chi connectivity index (χ2v) is 10.7. The molecular formula is C24H26F3N3O6S2. The summed E-state index contributed by atoms with van der Waals surface area (Å²) < 4.78 is 79.7. The van der Waals surface area contributed by atoms with E-state index in [4.69, 9.17) is 9.47 Å². The van der Waals surface area contributed by atoms with E-state index in [2.05, 4.69) is 14.5 Å². The zero-order valence-electron chi connectivity index (χ0n) is 20.7. The van der Waals surface area contributed by atoms with E-state index in [0.717, 1.165) is 11.3 Å². The molecule has 206 valence electrons. The first-order chi connectivity index (χ1) is 18.0. The normalized spacial score (nSPS) is 12.4. The van der Waals surface area contributed by atoms with E-state index in [1.54, 1.807) is 22.1 Å². The van der Waals surface area contributed by atoms with Crippen LogP contribution in [0.15, 0.2) is 52.8 Å². The maximum atomic E-state index is 13.1. The molecule has 0 saturated carbocycles. The first-order valence-electron chi connectivity index (χ1n) is 11.3. The molecule has 0 atom stereocenters. The number of benzene rings is 2. The minimum absolute atomic E-state index is 0.0605. The van der Waals surface area contributed by atoms with Crippen LogP contribution >= 0.6 is 11.3 Å². The van der Waals surface area contributed by atoms with Crippen LogP contribution in [0.5, 0.6) is 17.2 Å². The number of nitrogens with zero attached hydrogens (tertiary/aromatic N) is 2. The quantitative estimate of drug-likeness (QED) is 0.345. The van der Waals surface area contributed by atoms with Gasteiger partial charge in [-0.15, -0.1) is 24.5 Å². The predicted octanol–water partition coefficient (Wildman–Crippen LogP) is 4.20. The summed E-state index contributed by atoms with van der Waals surface area (Å²) in [7, 11) is -0.485. The number of alkyl halides is 3. The number of hydrogen-bond acceptors (Lipinski definition) is 7. The minimum atomic E-state index is -4.81. The van der Waals surface area contributed by atoms with Crippen molar-refractivity contribution in [1.29, 1.82) is 0 Å². The van der Waals surface area contributed by atoms with Gasteiger partial charge in [0, 0.05) is 24.5 Å². The predicted molar refractivity (Wildman–Crippen MR) is 136 cm³/mol. The number of thiazole rings is 1. The van der Waals surface area contributed by atoms with Crippen molar-refractivity contribution in [3.8, 4) is 28.5 Å². The number of halogens is 3. The SMILES string of the molecule is CCS(=O)(=O)NCCCn1c(-c2ccc(OC(F)(F)F)cc2)csc1=NC(=O)c1ccc(OC)cc1OC. The number of carbonyl (C=O) groups excluding carboxylic acids is 1. The highest BCUT2D eigenvalue weighted by molar-refractivity contribution is 7.89. The molecule has 1 heterocycles. The fraction of sp³-hybridized carbons (Fsp3) is 0.333. The lowest BCUT2D eigenvalue weighted by Gasteiger charge is -2.12. The van der Waals surface area contributed by atoms with Gasteiger partial charge in [-0.05, 0) is 55.3 Å². The van der Waals surface area contributed by atoms with Crippen molar-refractivity contribution in [3.05, 3.63) is 58.2 Å². The number of methoxy groups -OCH3 is 2. The summed E-state index contributed by atoms with van der Waals surface area (Å²) in [4.78, 5) is 17.6. The van der Waals surface area contributed by atoms with Crippen molar-refractivity contribution in [2.45, 2.75) is 26.3 Å². The van der Waals surface area contributed by atoms with Gasteiger partial charge < -0.3 is 18.8 Å². The molecule has 1 N–H and O–H groups in total. The zero-order valence-corrected chi connectivity index (χ0v) is 22.4. The summed E-state index contributed by atoms with van der Waals surface area (Å²) in [6, 6.07) is 9.97. The molecule has 0 unspecified atom stereocenters. The molecule has 0 saturated heterocycles. The summed E-state index contributed by atoms with van der Waals surface area (Å²) in [6.07, 6.45) is -4.45. The first kappa shape index (κ1) is 29.2. The average Bonchev–Trinajstić information content (AvgIpc) is 3.27. The third-order valence-corrected chi connectivity index (χ3v) is 7.55. The van der Waals surface area contributed by atoms with E-state index in [0.29, 0.717) is 28.2 Å². The highest BCUT2D eigenvalue weighted by Gasteiger charge is 2.31. The number of rotatable bonds is 11. The van der Waals surface area contributed by atoms with E-state index < -0.39 is 22.3 Å². The fourth-order valence-electron chi connectivity index (χ4n) is 3.38. The second-order valence-electron chi connectivity index (χ2n) is 7.76. The minimum Gasteiger partial charge on any atom is -0.497 e. The second kappa shape index (κ2) is 12.5. The maximum Gasteiger partial charge on any atom is 0.573 e. The van der Waals surface area contributed by atoms with Gasteiger partial charge in [-0.2, -0.15) is 4.99 Å². The molecule has 14 heteroatoms. The van der Waals surface area contributed by atoms with Crippen LogP contribution in [0.3, 0.4) is 0 Å². The molecule has 2 aromatic carbocycles. The van der Waals surface area contributed by atoms with Gasteiger partial charge in [-0.1, -0.05) is 0 Å². The van der Waals surface area contributed by atoms with Crippen LogP contribution in [0.1, 0.15) is 23.7 Å². The lowest BCUT2D eigenvalue weighted by molar-refractivity contribution is -0.274. The van der Waals surface area contributed by atoms with E-state index >= 15 is 0 Å². The van der Waals surface area contributed by atoms with Crippen LogP contribution in [-0.4, -0.2) is 51.8 Å². The van der Waals surface area contributed by atoms with Gasteiger partial charge in [0.1, 0.15) is 17.2 Å². The molecular weight excluding hydrogens is 547 g/mol. The highest BCUT2D eigenvalue weighted by atomic mass is 32.2. The molecule has 0 aliphatic carbocycles. The largest absolute Gasteiger partial charge is 0.573 e. The summed E-state index contributed by atoms with van der Waals surface area (Å²) >= 11 is 1.16. The molecule has 9 nitrogen and oxygen atoms in total. The van der Waals surface area contributed by atoms with Crippen LogP contribution < -0.4 is 23.7 Å². The Hall–Kier alpha value is -3.36. The molecule has 0 radical (unpaired) electrons. The molecule has 3 aromatic rings. The Bertz CT molecular complexity index is 1430. The van der Waals surface area contributed by atoms with Crippen LogP contribution in [0.2, 0.25) is 0 Å². The lowest BCUT2D eigenvalue weighted by atomic mass is 10.1. The average molecular weight is 574 g/mol. The van der Waals surface area contributed by atoms with Crippen molar-refractivity contribution >= 4 is 27.3 Å². The monoisotopic (exact) mass is 573 g/mol. The van der Waals surface area contributed by atoms with Crippen molar-refractivity contribution in [2.75, 3.05) is 26.5 Å². The van der Waals surface area contributed by atoms with E-state index in [1.165, 1.54) is 51.5 Å². The lowest BCUT2D eigenvalue weighted by Crippen LogP contribution is -2.28. The number of amides is 1. The summed E-state index contributed by atoms with van der Waals surface area (Å²) in [6.45, 7) is 1.95. The molecule has 0 spiro atoms. The van der Waals surface area contributed by atoms with Crippen molar-refractivity contribution in [3.63, 3.8) is 0 Å². The van der Waals surface area contributed by atoms with Crippen LogP contribution in [-0.2, 0) is 16.6 Å². The van der Waals surface area contributed by atoms with Crippen molar-refractivity contribution in [2.24, 2.45) is 4.99 Å². The molecule has 0 fully saturated rings. The van der Waals surface area contributed by atoms with Gasteiger partial charge in [-0.25, -0.2) is 13.1 Å². The summed E-state index contributed by atoms with van der Waals surface area (Å²) in [5.41, 5.74) is 1.35. The van der Waals surface area contributed by atoms with E-state index in [-0.39, 0.29) is 35.9 Å². The van der Waals surface area contributed by atoms with Gasteiger partial charge in [-0.3, -0.25) is 4.79 Å². The molecule has 1 amide bonds. The van der Waals surface area contributed by atoms with E-state index in [1.807, 2.05) is 0 Å². The van der Waals surface area contributed by atoms with Crippen LogP contribution in [0.25, 0.3) is 11.3 Å². The molecule has 3 rings (SSSR count). The summed E-state index contributed by atoms with van der Waals surface area (Å²) in [5.74, 6) is -0.236. The van der Waals surface area contributed by atoms with Crippen LogP contribution in [0.4, 0.5) is 13.2 Å². The first-order valence-corrected chi connectivity index (χ1v) is 13.8. The Morgan fingerprint density at radius 3 is 2.37 bits per heavy atom. The third kappa shape index (κ3) is 7.82. The molecule has 1 aromatic heterocycles. The Morgan fingerprint density at radius 2 is 1.76 bits per heavy atom. The van der Waals surface area contributed by atoms with Crippen molar-refractivity contribution in [1.82, 2.24) is 9.29 Å². The summed E-state index contributed by atoms with van der Waals surface area (Å²) in [5, 5.41) is 1.72. The number of aromatic nitrogens is 1. The Labute approximate surface area is 221 Å². The molecule has 0 bridgehead atoms. The smallest absolute Gasteiger partial charge is 0.497 e. The van der Waals surface area contributed by atoms with Gasteiger partial charge in [0.25, 0.3) is 5.91 Å². The van der Waals surface area contributed by atoms with Crippen LogP contribution in [0, 0.1) is 0 Å². The molecule has 0 aliphatic rings. The van der Waals surface area contributed by atoms with Gasteiger partial charge in [0.15, 0.2) is 4.80 Å². The number of ether oxygens (including phenoxy) is 3. The maximum absolute atomic E-state index is 13.1. The Balaban J connectivity index is 1.97.